The summed E-state index contributed by atoms with van der Waals surface area (Å²) in [5.74, 6) is 3.21. The van der Waals surface area contributed by atoms with Gasteiger partial charge in [-0.1, -0.05) is 19.8 Å². The average Bonchev–Trinajstić information content (AvgIpc) is 2.15. The Bertz CT molecular complexity index is 160. The van der Waals surface area contributed by atoms with Crippen LogP contribution in [0.1, 0.15) is 27.2 Å². The molecule has 0 rings (SSSR count). The molecule has 0 radical (unpaired) electrons. The van der Waals surface area contributed by atoms with E-state index in [0.29, 0.717) is 12.0 Å². The Balaban J connectivity index is 4.10. The van der Waals surface area contributed by atoms with Crippen LogP contribution in [0.2, 0.25) is 0 Å². The number of nitrogens with two attached hydrogens (primary N) is 1. The molecule has 2 heteroatoms. The van der Waals surface area contributed by atoms with Gasteiger partial charge in [0.15, 0.2) is 0 Å². The van der Waals surface area contributed by atoms with Gasteiger partial charge in [-0.15, -0.1) is 6.42 Å². The van der Waals surface area contributed by atoms with Crippen molar-refractivity contribution in [1.82, 2.24) is 4.90 Å². The first-order chi connectivity index (χ1) is 6.17. The molecule has 13 heavy (non-hydrogen) atoms. The van der Waals surface area contributed by atoms with Crippen LogP contribution >= 0.6 is 0 Å². The Morgan fingerprint density at radius 1 is 1.46 bits per heavy atom. The van der Waals surface area contributed by atoms with E-state index in [2.05, 4.69) is 31.6 Å². The third kappa shape index (κ3) is 4.31. The van der Waals surface area contributed by atoms with Crippen molar-refractivity contribution in [1.29, 1.82) is 0 Å². The molecule has 2 unspecified atom stereocenters. The van der Waals surface area contributed by atoms with Crippen LogP contribution < -0.4 is 5.73 Å². The van der Waals surface area contributed by atoms with Crippen LogP contribution in [-0.2, 0) is 0 Å². The fourth-order valence-electron chi connectivity index (χ4n) is 1.39. The fraction of sp³-hybridized carbons (Fsp3) is 0.818. The van der Waals surface area contributed by atoms with Crippen LogP contribution in [0, 0.1) is 18.3 Å². The summed E-state index contributed by atoms with van der Waals surface area (Å²) in [5, 5.41) is 0. The molecule has 0 aromatic carbocycles. The molecule has 0 aliphatic heterocycles. The van der Waals surface area contributed by atoms with E-state index in [1.807, 2.05) is 0 Å². The van der Waals surface area contributed by atoms with E-state index >= 15 is 0 Å². The molecule has 0 aliphatic rings. The van der Waals surface area contributed by atoms with Gasteiger partial charge < -0.3 is 5.73 Å². The molecule has 0 aliphatic carbocycles. The van der Waals surface area contributed by atoms with Gasteiger partial charge in [-0.3, -0.25) is 4.90 Å². The van der Waals surface area contributed by atoms with Crippen LogP contribution in [-0.4, -0.2) is 30.6 Å². The van der Waals surface area contributed by atoms with Crippen molar-refractivity contribution >= 4 is 0 Å². The molecule has 0 bridgehead atoms. The summed E-state index contributed by atoms with van der Waals surface area (Å²) in [7, 11) is 0. The smallest absolute Gasteiger partial charge is 0.0601 e. The number of hydrogen-bond acceptors (Lipinski definition) is 2. The monoisotopic (exact) mass is 182 g/mol. The predicted molar refractivity (Wildman–Crippen MR) is 58.4 cm³/mol. The van der Waals surface area contributed by atoms with Gasteiger partial charge in [-0.05, 0) is 32.4 Å². The maximum absolute atomic E-state index is 5.62. The number of rotatable bonds is 6. The number of hydrogen-bond donors (Lipinski definition) is 1. The quantitative estimate of drug-likeness (QED) is 0.628. The second-order valence-electron chi connectivity index (χ2n) is 3.63. The van der Waals surface area contributed by atoms with Gasteiger partial charge in [0.05, 0.1) is 6.54 Å². The topological polar surface area (TPSA) is 29.3 Å². The van der Waals surface area contributed by atoms with E-state index in [1.54, 1.807) is 0 Å². The zero-order valence-corrected chi connectivity index (χ0v) is 9.09. The lowest BCUT2D eigenvalue weighted by molar-refractivity contribution is 0.184. The van der Waals surface area contributed by atoms with Gasteiger partial charge in [0.1, 0.15) is 0 Å². The molecule has 0 heterocycles. The van der Waals surface area contributed by atoms with Gasteiger partial charge in [0.2, 0.25) is 0 Å². The first-order valence-corrected chi connectivity index (χ1v) is 5.04. The highest BCUT2D eigenvalue weighted by molar-refractivity contribution is 4.90. The van der Waals surface area contributed by atoms with E-state index in [4.69, 9.17) is 12.2 Å². The Hall–Kier alpha value is -0.520. The van der Waals surface area contributed by atoms with Crippen molar-refractivity contribution in [2.45, 2.75) is 33.2 Å². The molecule has 0 spiro atoms. The zero-order chi connectivity index (χ0) is 10.3. The highest BCUT2D eigenvalue weighted by Crippen LogP contribution is 2.09. The number of terminal acetylenes is 1. The summed E-state index contributed by atoms with van der Waals surface area (Å²) in [5.41, 5.74) is 5.62. The maximum atomic E-state index is 5.62. The summed E-state index contributed by atoms with van der Waals surface area (Å²) in [4.78, 5) is 2.32. The van der Waals surface area contributed by atoms with Crippen molar-refractivity contribution in [2.75, 3.05) is 19.6 Å². The minimum atomic E-state index is 0.487. The summed E-state index contributed by atoms with van der Waals surface area (Å²) >= 11 is 0. The van der Waals surface area contributed by atoms with Crippen LogP contribution in [0.5, 0.6) is 0 Å². The third-order valence-electron chi connectivity index (χ3n) is 2.58. The highest BCUT2D eigenvalue weighted by atomic mass is 15.1. The van der Waals surface area contributed by atoms with Crippen molar-refractivity contribution in [2.24, 2.45) is 11.7 Å². The highest BCUT2D eigenvalue weighted by Gasteiger charge is 2.17. The molecule has 0 saturated heterocycles. The van der Waals surface area contributed by atoms with Gasteiger partial charge in [-0.25, -0.2) is 0 Å². The zero-order valence-electron chi connectivity index (χ0n) is 9.09. The summed E-state index contributed by atoms with van der Waals surface area (Å²) in [6, 6.07) is 0.487. The Morgan fingerprint density at radius 2 is 2.08 bits per heavy atom. The van der Waals surface area contributed by atoms with Crippen LogP contribution in [0.3, 0.4) is 0 Å². The van der Waals surface area contributed by atoms with Crippen molar-refractivity contribution in [3.8, 4) is 12.3 Å². The van der Waals surface area contributed by atoms with Crippen LogP contribution in [0.15, 0.2) is 0 Å². The molecule has 2 nitrogen and oxygen atoms in total. The third-order valence-corrected chi connectivity index (χ3v) is 2.58. The van der Waals surface area contributed by atoms with E-state index in [-0.39, 0.29) is 0 Å². The molecule has 0 saturated carbocycles. The van der Waals surface area contributed by atoms with E-state index in [0.717, 1.165) is 26.1 Å². The van der Waals surface area contributed by atoms with Gasteiger partial charge in [0.25, 0.3) is 0 Å². The molecule has 0 amide bonds. The summed E-state index contributed by atoms with van der Waals surface area (Å²) in [6.45, 7) is 9.07. The fourth-order valence-corrected chi connectivity index (χ4v) is 1.39. The molecular weight excluding hydrogens is 160 g/mol. The predicted octanol–water partition coefficient (Wildman–Crippen LogP) is 1.31. The minimum Gasteiger partial charge on any atom is -0.330 e. The van der Waals surface area contributed by atoms with E-state index < -0.39 is 0 Å². The van der Waals surface area contributed by atoms with E-state index in [9.17, 15) is 0 Å². The molecule has 0 fully saturated rings. The summed E-state index contributed by atoms with van der Waals surface area (Å²) in [6.07, 6.45) is 6.46. The molecule has 2 atom stereocenters. The second kappa shape index (κ2) is 6.94. The Morgan fingerprint density at radius 3 is 2.46 bits per heavy atom. The molecular formula is C11H22N2. The lowest BCUT2D eigenvalue weighted by atomic mass is 10.0. The van der Waals surface area contributed by atoms with Gasteiger partial charge in [-0.2, -0.15) is 0 Å². The van der Waals surface area contributed by atoms with Crippen molar-refractivity contribution < 1.29 is 0 Å². The lowest BCUT2D eigenvalue weighted by Crippen LogP contribution is -2.40. The molecule has 0 aromatic rings. The van der Waals surface area contributed by atoms with Gasteiger partial charge in [0, 0.05) is 6.04 Å². The summed E-state index contributed by atoms with van der Waals surface area (Å²) < 4.78 is 0. The largest absolute Gasteiger partial charge is 0.330 e. The van der Waals surface area contributed by atoms with Gasteiger partial charge >= 0.3 is 0 Å². The Labute approximate surface area is 82.5 Å². The SMILES string of the molecule is C#CCN(CCC)C(C)C(C)CN. The normalized spacial score (nSPS) is 15.4. The van der Waals surface area contributed by atoms with E-state index in [1.165, 1.54) is 0 Å². The van der Waals surface area contributed by atoms with Crippen molar-refractivity contribution in [3.05, 3.63) is 0 Å². The molecule has 76 valence electrons. The second-order valence-corrected chi connectivity index (χ2v) is 3.63. The van der Waals surface area contributed by atoms with Crippen LogP contribution in [0.25, 0.3) is 0 Å². The Kier molecular flexibility index (Phi) is 6.66. The lowest BCUT2D eigenvalue weighted by Gasteiger charge is -2.30. The van der Waals surface area contributed by atoms with Crippen LogP contribution in [0.4, 0.5) is 0 Å². The molecule has 0 aromatic heterocycles. The molecule has 2 N–H and O–H groups in total. The standard InChI is InChI=1S/C11H22N2/c1-5-7-13(8-6-2)11(4)10(3)9-12/h1,10-11H,6-9,12H2,2-4H3. The number of nitrogens with zero attached hydrogens (tertiary/aromatic N) is 1. The average molecular weight is 182 g/mol. The maximum Gasteiger partial charge on any atom is 0.0601 e. The first kappa shape index (κ1) is 12.5. The minimum absolute atomic E-state index is 0.487. The first-order valence-electron chi connectivity index (χ1n) is 5.04. The van der Waals surface area contributed by atoms with Crippen molar-refractivity contribution in [3.63, 3.8) is 0 Å².